The smallest absolute Gasteiger partial charge is 0.291 e. The van der Waals surface area contributed by atoms with Crippen LogP contribution in [-0.4, -0.2) is 43.1 Å². The highest BCUT2D eigenvalue weighted by Gasteiger charge is 2.27. The molecule has 8 heteroatoms. The van der Waals surface area contributed by atoms with Crippen molar-refractivity contribution in [2.75, 3.05) is 6.54 Å². The zero-order valence-corrected chi connectivity index (χ0v) is 14.8. The predicted molar refractivity (Wildman–Crippen MR) is 101 cm³/mol. The number of para-hydroxylation sites is 1. The quantitative estimate of drug-likeness (QED) is 0.588. The third-order valence-corrected chi connectivity index (χ3v) is 4.58. The van der Waals surface area contributed by atoms with E-state index in [1.54, 1.807) is 24.7 Å². The summed E-state index contributed by atoms with van der Waals surface area (Å²) in [5, 5.41) is 6.98. The van der Waals surface area contributed by atoms with E-state index < -0.39 is 0 Å². The molecule has 1 aromatic carbocycles. The average molecular weight is 372 g/mol. The monoisotopic (exact) mass is 372 g/mol. The molecule has 1 unspecified atom stereocenters. The van der Waals surface area contributed by atoms with Gasteiger partial charge in [0.2, 0.25) is 5.82 Å². The van der Waals surface area contributed by atoms with Crippen LogP contribution in [0.1, 0.15) is 16.2 Å². The fourth-order valence-corrected chi connectivity index (χ4v) is 3.29. The number of rotatable bonds is 4. The van der Waals surface area contributed by atoms with E-state index in [0.29, 0.717) is 12.3 Å². The number of hydrogen-bond acceptors (Lipinski definition) is 6. The standard InChI is InChI=1S/C20H16N6O2/c27-19(18-24-20-22-9-4-10-26(20)25-18)23-12-14-11-13-5-3-6-15(17(13)28-14)16-7-1-2-8-21-16/h1-10,14H,11-12H2,(H,23,27). The SMILES string of the molecule is O=C(NCC1Cc2cccc(-c3ccccn3)c2O1)c1nc2ncccn2n1. The molecule has 0 saturated heterocycles. The lowest BCUT2D eigenvalue weighted by molar-refractivity contribution is 0.0923. The number of carbonyl (C=O) groups excluding carboxylic acids is 1. The van der Waals surface area contributed by atoms with Crippen LogP contribution in [0.15, 0.2) is 61.1 Å². The van der Waals surface area contributed by atoms with Crippen LogP contribution >= 0.6 is 0 Å². The Labute approximate surface area is 160 Å². The Morgan fingerprint density at radius 3 is 2.93 bits per heavy atom. The summed E-state index contributed by atoms with van der Waals surface area (Å²) in [6.07, 6.45) is 5.63. The molecule has 0 spiro atoms. The Bertz CT molecular complexity index is 1120. The highest BCUT2D eigenvalue weighted by atomic mass is 16.5. The summed E-state index contributed by atoms with van der Waals surface area (Å²) < 4.78 is 7.59. The average Bonchev–Trinajstić information content (AvgIpc) is 3.36. The Kier molecular flexibility index (Phi) is 3.93. The summed E-state index contributed by atoms with van der Waals surface area (Å²) in [5.41, 5.74) is 2.93. The maximum absolute atomic E-state index is 12.4. The second-order valence-electron chi connectivity index (χ2n) is 6.46. The lowest BCUT2D eigenvalue weighted by atomic mass is 10.0. The Hall–Kier alpha value is -3.81. The van der Waals surface area contributed by atoms with Crippen LogP contribution in [0, 0.1) is 0 Å². The minimum Gasteiger partial charge on any atom is -0.487 e. The molecule has 0 aliphatic carbocycles. The molecule has 0 saturated carbocycles. The molecule has 1 N–H and O–H groups in total. The van der Waals surface area contributed by atoms with E-state index in [0.717, 1.165) is 29.0 Å². The molecule has 4 heterocycles. The summed E-state index contributed by atoms with van der Waals surface area (Å²) in [6, 6.07) is 13.6. The van der Waals surface area contributed by atoms with Crippen molar-refractivity contribution in [3.05, 3.63) is 72.4 Å². The number of nitrogens with zero attached hydrogens (tertiary/aromatic N) is 5. The summed E-state index contributed by atoms with van der Waals surface area (Å²) in [6.45, 7) is 0.359. The molecule has 4 aromatic rings. The van der Waals surface area contributed by atoms with Crippen molar-refractivity contribution in [1.29, 1.82) is 0 Å². The van der Waals surface area contributed by atoms with Crippen molar-refractivity contribution in [3.8, 4) is 17.0 Å². The van der Waals surface area contributed by atoms with Gasteiger partial charge in [-0.1, -0.05) is 18.2 Å². The molecule has 5 rings (SSSR count). The first-order chi connectivity index (χ1) is 13.8. The molecule has 1 atom stereocenters. The minimum absolute atomic E-state index is 0.0865. The summed E-state index contributed by atoms with van der Waals surface area (Å²) in [4.78, 5) is 25.0. The van der Waals surface area contributed by atoms with Crippen molar-refractivity contribution in [2.24, 2.45) is 0 Å². The zero-order valence-electron chi connectivity index (χ0n) is 14.8. The topological polar surface area (TPSA) is 94.3 Å². The van der Waals surface area contributed by atoms with Gasteiger partial charge in [-0.05, 0) is 29.8 Å². The maximum atomic E-state index is 12.4. The molecule has 0 fully saturated rings. The Balaban J connectivity index is 1.29. The molecule has 1 amide bonds. The molecule has 1 aliphatic heterocycles. The van der Waals surface area contributed by atoms with E-state index in [2.05, 4.69) is 25.4 Å². The molecule has 28 heavy (non-hydrogen) atoms. The number of carbonyl (C=O) groups is 1. The second-order valence-corrected chi connectivity index (χ2v) is 6.46. The van der Waals surface area contributed by atoms with Gasteiger partial charge in [-0.3, -0.25) is 9.78 Å². The van der Waals surface area contributed by atoms with Gasteiger partial charge in [-0.2, -0.15) is 4.98 Å². The number of fused-ring (bicyclic) bond motifs is 2. The van der Waals surface area contributed by atoms with Crippen LogP contribution in [0.25, 0.3) is 17.0 Å². The van der Waals surface area contributed by atoms with Crippen molar-refractivity contribution >= 4 is 11.7 Å². The number of ether oxygens (including phenoxy) is 1. The number of nitrogens with one attached hydrogen (secondary N) is 1. The third-order valence-electron chi connectivity index (χ3n) is 4.58. The number of amides is 1. The van der Waals surface area contributed by atoms with Crippen molar-refractivity contribution in [1.82, 2.24) is 29.9 Å². The number of pyridine rings is 1. The molecular weight excluding hydrogens is 356 g/mol. The first kappa shape index (κ1) is 16.4. The van der Waals surface area contributed by atoms with E-state index in [1.807, 2.05) is 36.4 Å². The van der Waals surface area contributed by atoms with E-state index in [9.17, 15) is 4.79 Å². The molecule has 8 nitrogen and oxygen atoms in total. The van der Waals surface area contributed by atoms with Gasteiger partial charge in [0.15, 0.2) is 0 Å². The Morgan fingerprint density at radius 1 is 1.14 bits per heavy atom. The predicted octanol–water partition coefficient (Wildman–Crippen LogP) is 1.92. The first-order valence-electron chi connectivity index (χ1n) is 8.93. The van der Waals surface area contributed by atoms with Gasteiger partial charge in [-0.25, -0.2) is 9.50 Å². The lowest BCUT2D eigenvalue weighted by Crippen LogP contribution is -2.35. The number of aromatic nitrogens is 5. The molecular formula is C20H16N6O2. The largest absolute Gasteiger partial charge is 0.487 e. The molecule has 0 radical (unpaired) electrons. The summed E-state index contributed by atoms with van der Waals surface area (Å²) in [5.74, 6) is 0.950. The molecule has 3 aromatic heterocycles. The van der Waals surface area contributed by atoms with E-state index in [-0.39, 0.29) is 17.8 Å². The van der Waals surface area contributed by atoms with Crippen LogP contribution in [0.3, 0.4) is 0 Å². The highest BCUT2D eigenvalue weighted by Crippen LogP contribution is 2.37. The van der Waals surface area contributed by atoms with E-state index in [1.165, 1.54) is 4.52 Å². The number of benzene rings is 1. The highest BCUT2D eigenvalue weighted by molar-refractivity contribution is 5.90. The van der Waals surface area contributed by atoms with Gasteiger partial charge in [0.05, 0.1) is 12.2 Å². The van der Waals surface area contributed by atoms with Gasteiger partial charge in [0, 0.05) is 30.6 Å². The minimum atomic E-state index is -0.352. The summed E-state index contributed by atoms with van der Waals surface area (Å²) >= 11 is 0. The van der Waals surface area contributed by atoms with Gasteiger partial charge in [0.1, 0.15) is 11.9 Å². The van der Waals surface area contributed by atoms with Gasteiger partial charge >= 0.3 is 0 Å². The van der Waals surface area contributed by atoms with Gasteiger partial charge in [-0.15, -0.1) is 5.10 Å². The van der Waals surface area contributed by atoms with Crippen LogP contribution in [-0.2, 0) is 6.42 Å². The molecule has 1 aliphatic rings. The lowest BCUT2D eigenvalue weighted by Gasteiger charge is -2.12. The third kappa shape index (κ3) is 2.94. The van der Waals surface area contributed by atoms with Crippen molar-refractivity contribution in [3.63, 3.8) is 0 Å². The van der Waals surface area contributed by atoms with E-state index >= 15 is 0 Å². The van der Waals surface area contributed by atoms with Gasteiger partial charge < -0.3 is 10.1 Å². The summed E-state index contributed by atoms with van der Waals surface area (Å²) in [7, 11) is 0. The number of hydrogen-bond donors (Lipinski definition) is 1. The zero-order chi connectivity index (χ0) is 18.9. The van der Waals surface area contributed by atoms with Crippen molar-refractivity contribution in [2.45, 2.75) is 12.5 Å². The normalized spacial score (nSPS) is 15.2. The first-order valence-corrected chi connectivity index (χ1v) is 8.93. The van der Waals surface area contributed by atoms with Gasteiger partial charge in [0.25, 0.3) is 11.7 Å². The second kappa shape index (κ2) is 6.73. The Morgan fingerprint density at radius 2 is 2.07 bits per heavy atom. The fourth-order valence-electron chi connectivity index (χ4n) is 3.29. The van der Waals surface area contributed by atoms with Crippen LogP contribution in [0.5, 0.6) is 5.75 Å². The van der Waals surface area contributed by atoms with Crippen LogP contribution in [0.4, 0.5) is 0 Å². The van der Waals surface area contributed by atoms with Crippen molar-refractivity contribution < 1.29 is 9.53 Å². The van der Waals surface area contributed by atoms with E-state index in [4.69, 9.17) is 4.74 Å². The fraction of sp³-hybridized carbons (Fsp3) is 0.150. The van der Waals surface area contributed by atoms with Crippen LogP contribution in [0.2, 0.25) is 0 Å². The molecule has 138 valence electrons. The molecule has 0 bridgehead atoms. The maximum Gasteiger partial charge on any atom is 0.291 e. The van der Waals surface area contributed by atoms with Crippen LogP contribution < -0.4 is 10.1 Å².